The molecule has 0 aromatic carbocycles. The summed E-state index contributed by atoms with van der Waals surface area (Å²) in [5.41, 5.74) is 5.13. The second kappa shape index (κ2) is 11.7. The molecule has 10 heteroatoms. The van der Waals surface area contributed by atoms with Crippen LogP contribution < -0.4 is 16.4 Å². The molecule has 1 aliphatic heterocycles. The number of likely N-dealkylation sites (N-methyl/N-ethyl adjacent to an activating group) is 1. The van der Waals surface area contributed by atoms with Gasteiger partial charge in [-0.2, -0.15) is 0 Å². The molecule has 0 aliphatic carbocycles. The van der Waals surface area contributed by atoms with E-state index >= 15 is 0 Å². The molecule has 5 N–H and O–H groups in total. The lowest BCUT2D eigenvalue weighted by Crippen LogP contribution is -2.46. The summed E-state index contributed by atoms with van der Waals surface area (Å²) < 4.78 is 10.7. The Labute approximate surface area is 147 Å². The molecule has 1 aliphatic rings. The van der Waals surface area contributed by atoms with Gasteiger partial charge in [0.25, 0.3) is 0 Å². The Kier molecular flexibility index (Phi) is 10.0. The molecule has 0 radical (unpaired) electrons. The predicted octanol–water partition coefficient (Wildman–Crippen LogP) is -2.46. The Hall–Kier alpha value is -1.75. The molecule has 1 heterocycles. The predicted molar refractivity (Wildman–Crippen MR) is 88.3 cm³/mol. The fourth-order valence-corrected chi connectivity index (χ4v) is 2.37. The third-order valence-electron chi connectivity index (χ3n) is 3.43. The first-order valence-electron chi connectivity index (χ1n) is 8.37. The van der Waals surface area contributed by atoms with Gasteiger partial charge < -0.3 is 30.9 Å². The number of aliphatic hydroxyl groups is 1. The maximum atomic E-state index is 11.9. The number of rotatable bonds is 11. The summed E-state index contributed by atoms with van der Waals surface area (Å²) in [6, 6.07) is 0. The molecule has 144 valence electrons. The molecule has 1 rings (SSSR count). The Morgan fingerprint density at radius 1 is 1.24 bits per heavy atom. The van der Waals surface area contributed by atoms with Crippen molar-refractivity contribution in [1.29, 1.82) is 0 Å². The van der Waals surface area contributed by atoms with Crippen LogP contribution in [0.2, 0.25) is 0 Å². The molecule has 0 spiro atoms. The topological polar surface area (TPSA) is 143 Å². The lowest BCUT2D eigenvalue weighted by atomic mass is 10.1. The second-order valence-corrected chi connectivity index (χ2v) is 5.73. The molecule has 1 fully saturated rings. The Morgan fingerprint density at radius 2 is 1.92 bits per heavy atom. The number of hydrogen-bond acceptors (Lipinski definition) is 7. The summed E-state index contributed by atoms with van der Waals surface area (Å²) in [5.74, 6) is -1.27. The van der Waals surface area contributed by atoms with Crippen molar-refractivity contribution in [3.05, 3.63) is 0 Å². The van der Waals surface area contributed by atoms with Crippen LogP contribution >= 0.6 is 0 Å². The average Bonchev–Trinajstić information content (AvgIpc) is 2.52. The number of nitrogens with zero attached hydrogens (tertiary/aromatic N) is 1. The van der Waals surface area contributed by atoms with Crippen LogP contribution in [0.5, 0.6) is 0 Å². The molecule has 0 bridgehead atoms. The minimum atomic E-state index is -0.672. The van der Waals surface area contributed by atoms with E-state index in [0.29, 0.717) is 19.6 Å². The van der Waals surface area contributed by atoms with Crippen LogP contribution in [0.4, 0.5) is 0 Å². The van der Waals surface area contributed by atoms with Crippen LogP contribution in [0, 0.1) is 0 Å². The molecular formula is C15H28N4O6. The normalized spacial score (nSPS) is 20.3. The standard InChI is InChI=1S/C15H28N4O6/c1-2-17-13(22)9-19(8-12(16)21)10-14(23)18-5-7-25-15-11(20)4-3-6-24-15/h11,15,20H,2-10H2,1H3,(H2,16,21)(H,17,22)(H,18,23). The molecule has 1 saturated heterocycles. The number of carbonyl (C=O) groups excluding carboxylic acids is 3. The zero-order chi connectivity index (χ0) is 18.7. The van der Waals surface area contributed by atoms with E-state index in [2.05, 4.69) is 10.6 Å². The summed E-state index contributed by atoms with van der Waals surface area (Å²) >= 11 is 0. The highest BCUT2D eigenvalue weighted by molar-refractivity contribution is 5.83. The van der Waals surface area contributed by atoms with E-state index in [1.54, 1.807) is 6.92 Å². The maximum absolute atomic E-state index is 11.9. The number of ether oxygens (including phenoxy) is 2. The van der Waals surface area contributed by atoms with E-state index in [4.69, 9.17) is 15.2 Å². The number of nitrogens with one attached hydrogen (secondary N) is 2. The summed E-state index contributed by atoms with van der Waals surface area (Å²) in [5, 5.41) is 14.9. The van der Waals surface area contributed by atoms with Crippen molar-refractivity contribution in [2.24, 2.45) is 5.73 Å². The van der Waals surface area contributed by atoms with Crippen LogP contribution in [0.15, 0.2) is 0 Å². The average molecular weight is 360 g/mol. The van der Waals surface area contributed by atoms with Crippen LogP contribution in [0.25, 0.3) is 0 Å². The maximum Gasteiger partial charge on any atom is 0.234 e. The van der Waals surface area contributed by atoms with Gasteiger partial charge in [-0.15, -0.1) is 0 Å². The zero-order valence-electron chi connectivity index (χ0n) is 14.5. The Balaban J connectivity index is 2.28. The van der Waals surface area contributed by atoms with E-state index in [-0.39, 0.29) is 44.6 Å². The highest BCUT2D eigenvalue weighted by Gasteiger charge is 2.24. The van der Waals surface area contributed by atoms with E-state index in [0.717, 1.165) is 6.42 Å². The van der Waals surface area contributed by atoms with Crippen molar-refractivity contribution in [2.75, 3.05) is 45.9 Å². The molecule has 0 aromatic rings. The first kappa shape index (κ1) is 21.3. The van der Waals surface area contributed by atoms with Crippen LogP contribution in [0.3, 0.4) is 0 Å². The number of primary amides is 1. The van der Waals surface area contributed by atoms with Crippen molar-refractivity contribution < 1.29 is 29.0 Å². The van der Waals surface area contributed by atoms with Crippen molar-refractivity contribution in [2.45, 2.75) is 32.2 Å². The highest BCUT2D eigenvalue weighted by Crippen LogP contribution is 2.14. The quantitative estimate of drug-likeness (QED) is 0.299. The van der Waals surface area contributed by atoms with Gasteiger partial charge in [0.15, 0.2) is 6.29 Å². The number of amides is 3. The van der Waals surface area contributed by atoms with Gasteiger partial charge in [0.05, 0.1) is 26.2 Å². The van der Waals surface area contributed by atoms with Gasteiger partial charge >= 0.3 is 0 Å². The fraction of sp³-hybridized carbons (Fsp3) is 0.800. The second-order valence-electron chi connectivity index (χ2n) is 5.73. The largest absolute Gasteiger partial charge is 0.388 e. The van der Waals surface area contributed by atoms with Crippen LogP contribution in [-0.4, -0.2) is 86.1 Å². The first-order chi connectivity index (χ1) is 11.9. The van der Waals surface area contributed by atoms with Gasteiger partial charge in [-0.3, -0.25) is 19.3 Å². The third kappa shape index (κ3) is 9.34. The summed E-state index contributed by atoms with van der Waals surface area (Å²) in [6.45, 7) is 2.75. The SMILES string of the molecule is CCNC(=O)CN(CC(N)=O)CC(=O)NCCOC1OCCCC1O. The lowest BCUT2D eigenvalue weighted by molar-refractivity contribution is -0.213. The van der Waals surface area contributed by atoms with Crippen molar-refractivity contribution in [3.8, 4) is 0 Å². The third-order valence-corrected chi connectivity index (χ3v) is 3.43. The molecule has 2 atom stereocenters. The van der Waals surface area contributed by atoms with Crippen LogP contribution in [0.1, 0.15) is 19.8 Å². The molecule has 0 saturated carbocycles. The van der Waals surface area contributed by atoms with Gasteiger partial charge in [0, 0.05) is 19.7 Å². The van der Waals surface area contributed by atoms with E-state index < -0.39 is 18.3 Å². The minimum absolute atomic E-state index is 0.0944. The fourth-order valence-electron chi connectivity index (χ4n) is 2.37. The van der Waals surface area contributed by atoms with Gasteiger partial charge in [-0.25, -0.2) is 0 Å². The summed E-state index contributed by atoms with van der Waals surface area (Å²) in [7, 11) is 0. The number of aliphatic hydroxyl groups excluding tert-OH is 1. The zero-order valence-corrected chi connectivity index (χ0v) is 14.5. The molecule has 0 aromatic heterocycles. The van der Waals surface area contributed by atoms with Crippen LogP contribution in [-0.2, 0) is 23.9 Å². The molecule has 10 nitrogen and oxygen atoms in total. The highest BCUT2D eigenvalue weighted by atomic mass is 16.7. The Bertz CT molecular complexity index is 448. The van der Waals surface area contributed by atoms with Gasteiger partial charge in [0.2, 0.25) is 17.7 Å². The van der Waals surface area contributed by atoms with Crippen molar-refractivity contribution in [1.82, 2.24) is 15.5 Å². The smallest absolute Gasteiger partial charge is 0.234 e. The molecule has 2 unspecified atom stereocenters. The van der Waals surface area contributed by atoms with Gasteiger partial charge in [-0.1, -0.05) is 0 Å². The van der Waals surface area contributed by atoms with Crippen molar-refractivity contribution >= 4 is 17.7 Å². The Morgan fingerprint density at radius 3 is 2.52 bits per heavy atom. The van der Waals surface area contributed by atoms with Gasteiger partial charge in [-0.05, 0) is 19.8 Å². The van der Waals surface area contributed by atoms with E-state index in [9.17, 15) is 19.5 Å². The number of nitrogens with two attached hydrogens (primary N) is 1. The van der Waals surface area contributed by atoms with E-state index in [1.807, 2.05) is 0 Å². The van der Waals surface area contributed by atoms with Crippen molar-refractivity contribution in [3.63, 3.8) is 0 Å². The number of hydrogen-bond donors (Lipinski definition) is 4. The monoisotopic (exact) mass is 360 g/mol. The molecule has 3 amide bonds. The number of carbonyl (C=O) groups is 3. The first-order valence-corrected chi connectivity index (χ1v) is 8.37. The van der Waals surface area contributed by atoms with Gasteiger partial charge in [0.1, 0.15) is 6.10 Å². The molecule has 25 heavy (non-hydrogen) atoms. The summed E-state index contributed by atoms with van der Waals surface area (Å²) in [4.78, 5) is 35.9. The minimum Gasteiger partial charge on any atom is -0.388 e. The lowest BCUT2D eigenvalue weighted by Gasteiger charge is -2.27. The molecular weight excluding hydrogens is 332 g/mol. The summed E-state index contributed by atoms with van der Waals surface area (Å²) in [6.07, 6.45) is 0.0835. The van der Waals surface area contributed by atoms with E-state index in [1.165, 1.54) is 4.90 Å².